The number of nitrogens with zero attached hydrogens (tertiary/aromatic N) is 3. The lowest BCUT2D eigenvalue weighted by Gasteiger charge is -2.26. The smallest absolute Gasteiger partial charge is 0.338 e. The molecule has 9 heteroatoms. The van der Waals surface area contributed by atoms with Gasteiger partial charge in [-0.2, -0.15) is 5.10 Å². The van der Waals surface area contributed by atoms with Crippen LogP contribution in [0.1, 0.15) is 85.0 Å². The summed E-state index contributed by atoms with van der Waals surface area (Å²) in [4.78, 5) is 29.8. The number of carboxylic acids is 1. The minimum atomic E-state index is -1.08. The number of aromatic nitrogens is 3. The highest BCUT2D eigenvalue weighted by atomic mass is 16.5. The third kappa shape index (κ3) is 5.77. The molecule has 198 valence electrons. The van der Waals surface area contributed by atoms with Gasteiger partial charge in [-0.25, -0.2) is 19.3 Å². The van der Waals surface area contributed by atoms with Gasteiger partial charge in [0.2, 0.25) is 0 Å². The highest BCUT2D eigenvalue weighted by molar-refractivity contribution is 5.95. The van der Waals surface area contributed by atoms with Crippen molar-refractivity contribution in [2.24, 2.45) is 0 Å². The van der Waals surface area contributed by atoms with Gasteiger partial charge in [-0.05, 0) is 55.4 Å². The van der Waals surface area contributed by atoms with Crippen molar-refractivity contribution in [2.75, 3.05) is 18.5 Å². The summed E-state index contributed by atoms with van der Waals surface area (Å²) in [6, 6.07) is 4.91. The van der Waals surface area contributed by atoms with Gasteiger partial charge in [0.1, 0.15) is 6.61 Å². The number of aryl methyl sites for hydroxylation is 2. The van der Waals surface area contributed by atoms with E-state index in [1.807, 2.05) is 45.5 Å². The lowest BCUT2D eigenvalue weighted by atomic mass is 9.85. The molecular weight excluding hydrogens is 472 g/mol. The number of hydrogen-bond acceptors (Lipinski definition) is 7. The maximum Gasteiger partial charge on any atom is 0.338 e. The number of fused-ring (bicyclic) bond motifs is 1. The summed E-state index contributed by atoms with van der Waals surface area (Å²) in [5.74, 6) is -1.66. The Kier molecular flexibility index (Phi) is 7.82. The molecular formula is C28H36N4O5. The molecule has 1 aromatic carbocycles. The Labute approximate surface area is 217 Å². The van der Waals surface area contributed by atoms with E-state index in [9.17, 15) is 14.7 Å². The average molecular weight is 509 g/mol. The second-order valence-corrected chi connectivity index (χ2v) is 10.4. The zero-order chi connectivity index (χ0) is 26.7. The lowest BCUT2D eigenvalue weighted by molar-refractivity contribution is 0.0472. The Balaban J connectivity index is 1.70. The number of esters is 1. The lowest BCUT2D eigenvalue weighted by Crippen LogP contribution is -2.28. The maximum absolute atomic E-state index is 13.2. The molecule has 4 rings (SSSR count). The van der Waals surface area contributed by atoms with Crippen LogP contribution in [0.2, 0.25) is 0 Å². The predicted octanol–water partition coefficient (Wildman–Crippen LogP) is 4.96. The molecule has 0 saturated carbocycles. The zero-order valence-electron chi connectivity index (χ0n) is 22.3. The molecule has 37 heavy (non-hydrogen) atoms. The fourth-order valence-electron chi connectivity index (χ4n) is 4.59. The van der Waals surface area contributed by atoms with Crippen molar-refractivity contribution < 1.29 is 24.2 Å². The standard InChI is InChI=1S/C28H36N4O5/c1-6-23-22(16-37-27(35)18-12-17(26(33)34)13-19(14-18)28(3,4)5)24(30-20-8-10-36-11-9-20)21-15-29-32(7-2)25(21)31-23/h12-15,20H,6-11,16H2,1-5H3,(H,30,31)(H,33,34). The molecule has 9 nitrogen and oxygen atoms in total. The number of anilines is 1. The van der Waals surface area contributed by atoms with Crippen LogP contribution in [0.5, 0.6) is 0 Å². The molecule has 0 atom stereocenters. The molecule has 2 aromatic heterocycles. The highest BCUT2D eigenvalue weighted by Crippen LogP contribution is 2.32. The fraction of sp³-hybridized carbons (Fsp3) is 0.500. The van der Waals surface area contributed by atoms with Crippen LogP contribution in [0.3, 0.4) is 0 Å². The van der Waals surface area contributed by atoms with Crippen LogP contribution in [-0.2, 0) is 34.5 Å². The topological polar surface area (TPSA) is 116 Å². The number of pyridine rings is 1. The van der Waals surface area contributed by atoms with E-state index in [0.717, 1.165) is 46.4 Å². The van der Waals surface area contributed by atoms with Gasteiger partial charge < -0.3 is 19.9 Å². The van der Waals surface area contributed by atoms with Gasteiger partial charge in [-0.3, -0.25) is 0 Å². The van der Waals surface area contributed by atoms with Crippen molar-refractivity contribution in [3.05, 3.63) is 52.3 Å². The van der Waals surface area contributed by atoms with Crippen molar-refractivity contribution in [3.63, 3.8) is 0 Å². The Morgan fingerprint density at radius 2 is 1.86 bits per heavy atom. The summed E-state index contributed by atoms with van der Waals surface area (Å²) >= 11 is 0. The summed E-state index contributed by atoms with van der Waals surface area (Å²) < 4.78 is 13.2. The molecule has 1 aliphatic rings. The Bertz CT molecular complexity index is 1300. The SMILES string of the molecule is CCc1nc2c(cnn2CC)c(NC2CCOCC2)c1COC(=O)c1cc(C(=O)O)cc(C(C)(C)C)c1. The number of hydrogen-bond donors (Lipinski definition) is 2. The molecule has 3 aromatic rings. The van der Waals surface area contributed by atoms with E-state index in [2.05, 4.69) is 10.4 Å². The van der Waals surface area contributed by atoms with E-state index in [0.29, 0.717) is 26.2 Å². The van der Waals surface area contributed by atoms with Crippen molar-refractivity contribution in [1.82, 2.24) is 14.8 Å². The molecule has 0 amide bonds. The van der Waals surface area contributed by atoms with Crippen molar-refractivity contribution in [3.8, 4) is 0 Å². The molecule has 1 saturated heterocycles. The summed E-state index contributed by atoms with van der Waals surface area (Å²) in [6.45, 7) is 12.1. The van der Waals surface area contributed by atoms with E-state index in [4.69, 9.17) is 14.5 Å². The van der Waals surface area contributed by atoms with Crippen LogP contribution in [-0.4, -0.2) is 51.1 Å². The van der Waals surface area contributed by atoms with E-state index in [1.54, 1.807) is 12.1 Å². The van der Waals surface area contributed by atoms with E-state index in [1.165, 1.54) is 6.07 Å². The van der Waals surface area contributed by atoms with Gasteiger partial charge in [-0.1, -0.05) is 27.7 Å². The van der Waals surface area contributed by atoms with Gasteiger partial charge in [0.15, 0.2) is 5.65 Å². The second kappa shape index (κ2) is 10.9. The zero-order valence-corrected chi connectivity index (χ0v) is 22.3. The number of rotatable bonds is 8. The van der Waals surface area contributed by atoms with Crippen molar-refractivity contribution >= 4 is 28.7 Å². The minimum Gasteiger partial charge on any atom is -0.478 e. The molecule has 1 aliphatic heterocycles. The van der Waals surface area contributed by atoms with Crippen LogP contribution in [0.25, 0.3) is 11.0 Å². The second-order valence-electron chi connectivity index (χ2n) is 10.4. The molecule has 3 heterocycles. The minimum absolute atomic E-state index is 0.00988. The van der Waals surface area contributed by atoms with Crippen LogP contribution >= 0.6 is 0 Å². The number of carboxylic acid groups (broad SMARTS) is 1. The Morgan fingerprint density at radius 1 is 1.16 bits per heavy atom. The average Bonchev–Trinajstić information content (AvgIpc) is 3.30. The summed E-state index contributed by atoms with van der Waals surface area (Å²) in [5.41, 5.74) is 4.04. The van der Waals surface area contributed by atoms with Gasteiger partial charge in [0.25, 0.3) is 0 Å². The first-order valence-corrected chi connectivity index (χ1v) is 12.9. The highest BCUT2D eigenvalue weighted by Gasteiger charge is 2.24. The third-order valence-corrected chi connectivity index (χ3v) is 6.81. The van der Waals surface area contributed by atoms with E-state index >= 15 is 0 Å². The summed E-state index contributed by atoms with van der Waals surface area (Å²) in [7, 11) is 0. The first kappa shape index (κ1) is 26.6. The Morgan fingerprint density at radius 3 is 2.49 bits per heavy atom. The van der Waals surface area contributed by atoms with Gasteiger partial charge in [0.05, 0.1) is 34.1 Å². The number of carbonyl (C=O) groups is 2. The van der Waals surface area contributed by atoms with Crippen LogP contribution in [0.4, 0.5) is 5.69 Å². The van der Waals surface area contributed by atoms with E-state index in [-0.39, 0.29) is 29.2 Å². The normalized spacial score (nSPS) is 14.6. The molecule has 0 radical (unpaired) electrons. The number of benzene rings is 1. The van der Waals surface area contributed by atoms with Crippen LogP contribution in [0.15, 0.2) is 24.4 Å². The molecule has 2 N–H and O–H groups in total. The number of carbonyl (C=O) groups excluding carboxylic acids is 1. The molecule has 1 fully saturated rings. The number of ether oxygens (including phenoxy) is 2. The fourth-order valence-corrected chi connectivity index (χ4v) is 4.59. The van der Waals surface area contributed by atoms with Crippen LogP contribution in [0, 0.1) is 0 Å². The first-order chi connectivity index (χ1) is 17.6. The molecule has 0 bridgehead atoms. The van der Waals surface area contributed by atoms with Gasteiger partial charge >= 0.3 is 11.9 Å². The summed E-state index contributed by atoms with van der Waals surface area (Å²) in [6.07, 6.45) is 4.22. The molecule has 0 aliphatic carbocycles. The predicted molar refractivity (Wildman–Crippen MR) is 141 cm³/mol. The first-order valence-electron chi connectivity index (χ1n) is 12.9. The van der Waals surface area contributed by atoms with Gasteiger partial charge in [0, 0.05) is 31.4 Å². The van der Waals surface area contributed by atoms with Crippen molar-refractivity contribution in [2.45, 2.75) is 78.5 Å². The molecule has 0 unspecified atom stereocenters. The Hall–Kier alpha value is -3.46. The van der Waals surface area contributed by atoms with Crippen LogP contribution < -0.4 is 5.32 Å². The summed E-state index contributed by atoms with van der Waals surface area (Å²) in [5, 5.41) is 18.7. The largest absolute Gasteiger partial charge is 0.478 e. The van der Waals surface area contributed by atoms with Gasteiger partial charge in [-0.15, -0.1) is 0 Å². The maximum atomic E-state index is 13.2. The third-order valence-electron chi connectivity index (χ3n) is 6.81. The number of aromatic carboxylic acids is 1. The van der Waals surface area contributed by atoms with E-state index < -0.39 is 11.9 Å². The monoisotopic (exact) mass is 508 g/mol. The quantitative estimate of drug-likeness (QED) is 0.410. The van der Waals surface area contributed by atoms with Crippen molar-refractivity contribution in [1.29, 1.82) is 0 Å². The number of nitrogens with one attached hydrogen (secondary N) is 1. The molecule has 0 spiro atoms.